The van der Waals surface area contributed by atoms with Crippen LogP contribution in [-0.4, -0.2) is 30.3 Å². The Morgan fingerprint density at radius 1 is 1.41 bits per heavy atom. The van der Waals surface area contributed by atoms with Crippen LogP contribution in [0.5, 0.6) is 5.75 Å². The van der Waals surface area contributed by atoms with Crippen LogP contribution in [0.1, 0.15) is 10.4 Å². The van der Waals surface area contributed by atoms with Gasteiger partial charge < -0.3 is 15.6 Å². The molecule has 0 aliphatic rings. The quantitative estimate of drug-likeness (QED) is 0.624. The molecule has 0 heterocycles. The van der Waals surface area contributed by atoms with Crippen LogP contribution in [0.2, 0.25) is 0 Å². The first-order chi connectivity index (χ1) is 7.86. The van der Waals surface area contributed by atoms with Crippen molar-refractivity contribution in [2.45, 2.75) is 6.18 Å². The molecule has 0 aliphatic heterocycles. The Labute approximate surface area is 94.8 Å². The van der Waals surface area contributed by atoms with Gasteiger partial charge in [-0.1, -0.05) is 0 Å². The highest BCUT2D eigenvalue weighted by Crippen LogP contribution is 2.27. The number of carbonyl (C=O) groups is 1. The summed E-state index contributed by atoms with van der Waals surface area (Å²) in [7, 11) is 0. The van der Waals surface area contributed by atoms with E-state index in [9.17, 15) is 18.0 Å². The smallest absolute Gasteiger partial charge is 0.454 e. The lowest BCUT2D eigenvalue weighted by Gasteiger charge is -2.10. The lowest BCUT2D eigenvalue weighted by atomic mass is 10.1. The number of aliphatic hydroxyl groups excluding tert-OH is 1. The standard InChI is InChI=1S/C10H10F3NO3/c11-10(12,13)9(16)6-1-2-8(7(14)5-6)17-4-3-15/h1-2,5,15H,3-4,14H2. The first-order valence-corrected chi connectivity index (χ1v) is 4.61. The van der Waals surface area contributed by atoms with Crippen molar-refractivity contribution in [3.05, 3.63) is 23.8 Å². The molecule has 0 aromatic heterocycles. The van der Waals surface area contributed by atoms with Crippen molar-refractivity contribution in [3.8, 4) is 5.75 Å². The summed E-state index contributed by atoms with van der Waals surface area (Å²) in [6.07, 6.45) is -4.93. The zero-order chi connectivity index (χ0) is 13.1. The van der Waals surface area contributed by atoms with Gasteiger partial charge in [-0.25, -0.2) is 0 Å². The van der Waals surface area contributed by atoms with E-state index in [-0.39, 0.29) is 24.7 Å². The number of aliphatic hydroxyl groups is 1. The van der Waals surface area contributed by atoms with Gasteiger partial charge in [-0.3, -0.25) is 4.79 Å². The molecule has 0 aliphatic carbocycles. The Morgan fingerprint density at radius 2 is 2.06 bits per heavy atom. The summed E-state index contributed by atoms with van der Waals surface area (Å²) in [5, 5.41) is 8.50. The number of nitrogen functional groups attached to an aromatic ring is 1. The summed E-state index contributed by atoms with van der Waals surface area (Å²) < 4.78 is 41.3. The highest BCUT2D eigenvalue weighted by molar-refractivity contribution is 6.01. The van der Waals surface area contributed by atoms with Crippen LogP contribution in [0.15, 0.2) is 18.2 Å². The molecule has 1 aromatic rings. The predicted molar refractivity (Wildman–Crippen MR) is 53.8 cm³/mol. The fourth-order valence-corrected chi connectivity index (χ4v) is 1.14. The SMILES string of the molecule is Nc1cc(C(=O)C(F)(F)F)ccc1OCCO. The third-order valence-corrected chi connectivity index (χ3v) is 1.88. The number of anilines is 1. The van der Waals surface area contributed by atoms with E-state index in [1.807, 2.05) is 0 Å². The second-order valence-corrected chi connectivity index (χ2v) is 3.15. The van der Waals surface area contributed by atoms with Crippen molar-refractivity contribution in [2.75, 3.05) is 18.9 Å². The molecular formula is C10H10F3NO3. The average molecular weight is 249 g/mol. The van der Waals surface area contributed by atoms with Gasteiger partial charge >= 0.3 is 6.18 Å². The highest BCUT2D eigenvalue weighted by atomic mass is 19.4. The van der Waals surface area contributed by atoms with Crippen LogP contribution >= 0.6 is 0 Å². The third kappa shape index (κ3) is 3.35. The van der Waals surface area contributed by atoms with Crippen molar-refractivity contribution in [2.24, 2.45) is 0 Å². The summed E-state index contributed by atoms with van der Waals surface area (Å²) in [5.41, 5.74) is 4.78. The van der Waals surface area contributed by atoms with E-state index in [0.717, 1.165) is 18.2 Å². The van der Waals surface area contributed by atoms with E-state index < -0.39 is 17.5 Å². The van der Waals surface area contributed by atoms with Gasteiger partial charge in [0, 0.05) is 5.56 Å². The van der Waals surface area contributed by atoms with Crippen LogP contribution in [0.25, 0.3) is 0 Å². The molecule has 0 amide bonds. The molecular weight excluding hydrogens is 239 g/mol. The minimum absolute atomic E-state index is 0.0310. The number of hydrogen-bond acceptors (Lipinski definition) is 4. The molecule has 0 unspecified atom stereocenters. The minimum Gasteiger partial charge on any atom is -0.489 e. The van der Waals surface area contributed by atoms with Gasteiger partial charge in [0.05, 0.1) is 12.3 Å². The summed E-state index contributed by atoms with van der Waals surface area (Å²) in [5.74, 6) is -1.84. The number of carbonyl (C=O) groups excluding carboxylic acids is 1. The van der Waals surface area contributed by atoms with Gasteiger partial charge in [-0.2, -0.15) is 13.2 Å². The Bertz CT molecular complexity index is 418. The van der Waals surface area contributed by atoms with Gasteiger partial charge in [0.2, 0.25) is 0 Å². The first kappa shape index (κ1) is 13.3. The summed E-state index contributed by atoms with van der Waals surface area (Å²) in [6.45, 7) is -0.278. The van der Waals surface area contributed by atoms with E-state index in [2.05, 4.69) is 0 Å². The number of benzene rings is 1. The normalized spacial score (nSPS) is 11.3. The summed E-state index contributed by atoms with van der Waals surface area (Å²) in [4.78, 5) is 10.9. The van der Waals surface area contributed by atoms with Crippen molar-refractivity contribution in [3.63, 3.8) is 0 Å². The second-order valence-electron chi connectivity index (χ2n) is 3.15. The lowest BCUT2D eigenvalue weighted by Crippen LogP contribution is -2.22. The molecule has 94 valence electrons. The maximum atomic E-state index is 12.1. The van der Waals surface area contributed by atoms with E-state index in [4.69, 9.17) is 15.6 Å². The molecule has 0 bridgehead atoms. The molecule has 0 spiro atoms. The number of nitrogens with two attached hydrogens (primary N) is 1. The number of halogens is 3. The Kier molecular flexibility index (Phi) is 3.95. The third-order valence-electron chi connectivity index (χ3n) is 1.88. The van der Waals surface area contributed by atoms with E-state index in [0.29, 0.717) is 0 Å². The second kappa shape index (κ2) is 5.05. The summed E-state index contributed by atoms with van der Waals surface area (Å²) in [6, 6.07) is 3.02. The zero-order valence-electron chi connectivity index (χ0n) is 8.62. The monoisotopic (exact) mass is 249 g/mol. The largest absolute Gasteiger partial charge is 0.489 e. The molecule has 0 saturated carbocycles. The van der Waals surface area contributed by atoms with E-state index in [1.54, 1.807) is 0 Å². The number of ketones is 1. The van der Waals surface area contributed by atoms with Crippen molar-refractivity contribution < 1.29 is 27.8 Å². The zero-order valence-corrected chi connectivity index (χ0v) is 8.62. The highest BCUT2D eigenvalue weighted by Gasteiger charge is 2.39. The predicted octanol–water partition coefficient (Wildman–Crippen LogP) is 1.38. The van der Waals surface area contributed by atoms with Crippen LogP contribution in [0.4, 0.5) is 18.9 Å². The van der Waals surface area contributed by atoms with Gasteiger partial charge in [0.25, 0.3) is 5.78 Å². The lowest BCUT2D eigenvalue weighted by molar-refractivity contribution is -0.0885. The van der Waals surface area contributed by atoms with Gasteiger partial charge in [0.1, 0.15) is 12.4 Å². The molecule has 4 nitrogen and oxygen atoms in total. The maximum Gasteiger partial charge on any atom is 0.454 e. The van der Waals surface area contributed by atoms with Crippen molar-refractivity contribution in [1.82, 2.24) is 0 Å². The topological polar surface area (TPSA) is 72.6 Å². The van der Waals surface area contributed by atoms with Gasteiger partial charge in [-0.15, -0.1) is 0 Å². The molecule has 0 radical (unpaired) electrons. The number of rotatable bonds is 4. The van der Waals surface area contributed by atoms with Gasteiger partial charge in [0.15, 0.2) is 0 Å². The number of Topliss-reactive ketones (excluding diaryl/α,β-unsaturated/α-hetero) is 1. The Hall–Kier alpha value is -1.76. The van der Waals surface area contributed by atoms with Crippen molar-refractivity contribution in [1.29, 1.82) is 0 Å². The molecule has 0 fully saturated rings. The minimum atomic E-state index is -4.93. The molecule has 1 rings (SSSR count). The summed E-state index contributed by atoms with van der Waals surface area (Å²) >= 11 is 0. The van der Waals surface area contributed by atoms with E-state index >= 15 is 0 Å². The van der Waals surface area contributed by atoms with Crippen LogP contribution in [0.3, 0.4) is 0 Å². The first-order valence-electron chi connectivity index (χ1n) is 4.61. The van der Waals surface area contributed by atoms with Crippen LogP contribution in [-0.2, 0) is 0 Å². The molecule has 17 heavy (non-hydrogen) atoms. The molecule has 0 saturated heterocycles. The number of hydrogen-bond donors (Lipinski definition) is 2. The fraction of sp³-hybridized carbons (Fsp3) is 0.300. The Balaban J connectivity index is 2.93. The Morgan fingerprint density at radius 3 is 2.53 bits per heavy atom. The average Bonchev–Trinajstić information content (AvgIpc) is 2.25. The van der Waals surface area contributed by atoms with Crippen molar-refractivity contribution >= 4 is 11.5 Å². The van der Waals surface area contributed by atoms with Gasteiger partial charge in [-0.05, 0) is 18.2 Å². The molecule has 3 N–H and O–H groups in total. The maximum absolute atomic E-state index is 12.1. The number of alkyl halides is 3. The molecule has 0 atom stereocenters. The van der Waals surface area contributed by atoms with Crippen LogP contribution < -0.4 is 10.5 Å². The van der Waals surface area contributed by atoms with Crippen LogP contribution in [0, 0.1) is 0 Å². The van der Waals surface area contributed by atoms with E-state index in [1.165, 1.54) is 0 Å². The number of ether oxygens (including phenoxy) is 1. The molecule has 1 aromatic carbocycles. The molecule has 7 heteroatoms. The fourth-order valence-electron chi connectivity index (χ4n) is 1.14.